The predicted molar refractivity (Wildman–Crippen MR) is 84.0 cm³/mol. The topological polar surface area (TPSA) is 12.0 Å². The minimum absolute atomic E-state index is 0.577. The molecule has 0 spiro atoms. The monoisotopic (exact) mass is 311 g/mol. The molecule has 0 amide bonds. The van der Waals surface area contributed by atoms with Gasteiger partial charge in [0.05, 0.1) is 0 Å². The van der Waals surface area contributed by atoms with E-state index in [1.165, 1.54) is 4.90 Å². The summed E-state index contributed by atoms with van der Waals surface area (Å²) in [6.07, 6.45) is 0. The average molecular weight is 311 g/mol. The fourth-order valence-electron chi connectivity index (χ4n) is 1.68. The van der Waals surface area contributed by atoms with Crippen molar-refractivity contribution < 1.29 is 8.78 Å². The average Bonchev–Trinajstić information content (AvgIpc) is 2.46. The van der Waals surface area contributed by atoms with Crippen molar-refractivity contribution in [3.63, 3.8) is 0 Å². The predicted octanol–water partition coefficient (Wildman–Crippen LogP) is 5.21. The second kappa shape index (κ2) is 8.17. The van der Waals surface area contributed by atoms with E-state index < -0.39 is 5.76 Å². The van der Waals surface area contributed by atoms with E-state index in [2.05, 4.69) is 17.4 Å². The number of hydrogen-bond acceptors (Lipinski definition) is 3. The molecule has 0 aromatic heterocycles. The van der Waals surface area contributed by atoms with Crippen LogP contribution in [0.3, 0.4) is 0 Å². The quantitative estimate of drug-likeness (QED) is 0.557. The summed E-state index contributed by atoms with van der Waals surface area (Å²) in [5.41, 5.74) is 0.770. The molecule has 0 saturated heterocycles. The zero-order chi connectivity index (χ0) is 14.2. The van der Waals surface area contributed by atoms with Gasteiger partial charge < -0.3 is 5.32 Å². The van der Waals surface area contributed by atoms with E-state index in [9.17, 15) is 8.78 Å². The summed E-state index contributed by atoms with van der Waals surface area (Å²) in [5.74, 6) is -1.51. The Labute approximate surface area is 126 Å². The number of benzene rings is 2. The van der Waals surface area contributed by atoms with Crippen LogP contribution in [0.4, 0.5) is 14.5 Å². The van der Waals surface area contributed by atoms with Crippen molar-refractivity contribution in [1.82, 2.24) is 0 Å². The molecule has 0 unspecified atom stereocenters. The minimum Gasteiger partial charge on any atom is -0.383 e. The van der Waals surface area contributed by atoms with Crippen molar-refractivity contribution in [3.05, 3.63) is 54.6 Å². The van der Waals surface area contributed by atoms with Crippen molar-refractivity contribution in [2.45, 2.75) is 15.5 Å². The van der Waals surface area contributed by atoms with E-state index >= 15 is 0 Å². The van der Waals surface area contributed by atoms with Crippen molar-refractivity contribution in [2.24, 2.45) is 0 Å². The van der Waals surface area contributed by atoms with Gasteiger partial charge in [0, 0.05) is 27.8 Å². The van der Waals surface area contributed by atoms with Crippen LogP contribution in [0.25, 0.3) is 0 Å². The first-order valence-corrected chi connectivity index (χ1v) is 8.08. The molecule has 1 N–H and O–H groups in total. The lowest BCUT2D eigenvalue weighted by Gasteiger charge is -2.11. The highest BCUT2D eigenvalue weighted by Crippen LogP contribution is 2.31. The largest absolute Gasteiger partial charge is 0.383 e. The number of rotatable bonds is 7. The zero-order valence-corrected chi connectivity index (χ0v) is 12.4. The SMILES string of the molecule is FC(F)Sc1ccccc1NCCSc1ccccc1. The molecule has 1 nitrogen and oxygen atoms in total. The molecule has 0 bridgehead atoms. The van der Waals surface area contributed by atoms with E-state index in [4.69, 9.17) is 0 Å². The minimum atomic E-state index is -2.39. The van der Waals surface area contributed by atoms with Crippen LogP contribution < -0.4 is 5.32 Å². The van der Waals surface area contributed by atoms with Gasteiger partial charge in [0.1, 0.15) is 0 Å². The smallest absolute Gasteiger partial charge is 0.288 e. The Morgan fingerprint density at radius 3 is 2.40 bits per heavy atom. The van der Waals surface area contributed by atoms with E-state index in [0.29, 0.717) is 16.7 Å². The molecule has 0 fully saturated rings. The molecule has 0 aliphatic carbocycles. The first-order chi connectivity index (χ1) is 9.75. The Balaban J connectivity index is 1.82. The van der Waals surface area contributed by atoms with E-state index in [-0.39, 0.29) is 0 Å². The summed E-state index contributed by atoms with van der Waals surface area (Å²) in [7, 11) is 0. The first kappa shape index (κ1) is 15.2. The molecule has 0 atom stereocenters. The number of hydrogen-bond donors (Lipinski definition) is 1. The van der Waals surface area contributed by atoms with E-state index in [0.717, 1.165) is 18.0 Å². The number of thioether (sulfide) groups is 2. The molecule has 0 aliphatic heterocycles. The molecule has 0 aliphatic rings. The van der Waals surface area contributed by atoms with Crippen LogP contribution in [0.5, 0.6) is 0 Å². The molecule has 0 radical (unpaired) electrons. The highest BCUT2D eigenvalue weighted by Gasteiger charge is 2.08. The van der Waals surface area contributed by atoms with Gasteiger partial charge in [-0.05, 0) is 24.3 Å². The fourth-order valence-corrected chi connectivity index (χ4v) is 3.09. The van der Waals surface area contributed by atoms with Gasteiger partial charge in [-0.15, -0.1) is 11.8 Å². The standard InChI is InChI=1S/C15H15F2NS2/c16-15(17)20-14-9-5-4-8-13(14)18-10-11-19-12-6-2-1-3-7-12/h1-9,15,18H,10-11H2. The van der Waals surface area contributed by atoms with Crippen molar-refractivity contribution in [1.29, 1.82) is 0 Å². The normalized spacial score (nSPS) is 10.8. The third-order valence-corrected chi connectivity index (χ3v) is 4.33. The van der Waals surface area contributed by atoms with Gasteiger partial charge in [-0.1, -0.05) is 42.1 Å². The second-order valence-electron chi connectivity index (χ2n) is 3.96. The van der Waals surface area contributed by atoms with Gasteiger partial charge in [-0.25, -0.2) is 0 Å². The third kappa shape index (κ3) is 5.06. The van der Waals surface area contributed by atoms with Crippen molar-refractivity contribution in [3.8, 4) is 0 Å². The van der Waals surface area contributed by atoms with Crippen LogP contribution in [0.15, 0.2) is 64.4 Å². The number of anilines is 1. The zero-order valence-electron chi connectivity index (χ0n) is 10.8. The number of halogens is 2. The van der Waals surface area contributed by atoms with E-state index in [1.807, 2.05) is 30.3 Å². The van der Waals surface area contributed by atoms with Gasteiger partial charge in [0.25, 0.3) is 5.76 Å². The molecule has 2 aromatic carbocycles. The summed E-state index contributed by atoms with van der Waals surface area (Å²) in [4.78, 5) is 1.80. The first-order valence-electron chi connectivity index (χ1n) is 6.21. The molecule has 5 heteroatoms. The Bertz CT molecular complexity index is 520. The van der Waals surface area contributed by atoms with Crippen LogP contribution in [0.2, 0.25) is 0 Å². The number of alkyl halides is 2. The Morgan fingerprint density at radius 2 is 1.65 bits per heavy atom. The highest BCUT2D eigenvalue weighted by molar-refractivity contribution is 7.99. The molecule has 2 aromatic rings. The Morgan fingerprint density at radius 1 is 0.950 bits per heavy atom. The van der Waals surface area contributed by atoms with Crippen LogP contribution in [-0.2, 0) is 0 Å². The summed E-state index contributed by atoms with van der Waals surface area (Å²) in [6, 6.07) is 17.3. The highest BCUT2D eigenvalue weighted by atomic mass is 32.2. The maximum absolute atomic E-state index is 12.4. The maximum Gasteiger partial charge on any atom is 0.288 e. The lowest BCUT2D eigenvalue weighted by Crippen LogP contribution is -2.05. The summed E-state index contributed by atoms with van der Waals surface area (Å²) < 4.78 is 24.9. The third-order valence-electron chi connectivity index (χ3n) is 2.53. The molecule has 20 heavy (non-hydrogen) atoms. The molecular formula is C15H15F2NS2. The molecule has 106 valence electrons. The molecule has 0 saturated carbocycles. The van der Waals surface area contributed by atoms with Gasteiger partial charge in [-0.3, -0.25) is 0 Å². The number of nitrogens with one attached hydrogen (secondary N) is 1. The number of para-hydroxylation sites is 1. The van der Waals surface area contributed by atoms with Crippen LogP contribution in [-0.4, -0.2) is 18.1 Å². The molecule has 0 heterocycles. The molecular weight excluding hydrogens is 296 g/mol. The van der Waals surface area contributed by atoms with Crippen LogP contribution in [0.1, 0.15) is 0 Å². The summed E-state index contributed by atoms with van der Waals surface area (Å²) in [5, 5.41) is 3.21. The maximum atomic E-state index is 12.4. The van der Waals surface area contributed by atoms with Gasteiger partial charge in [-0.2, -0.15) is 8.78 Å². The van der Waals surface area contributed by atoms with Crippen LogP contribution >= 0.6 is 23.5 Å². The van der Waals surface area contributed by atoms with Gasteiger partial charge in [0.2, 0.25) is 0 Å². The molecule has 2 rings (SSSR count). The lowest BCUT2D eigenvalue weighted by molar-refractivity contribution is 0.252. The Kier molecular flexibility index (Phi) is 6.21. The van der Waals surface area contributed by atoms with Crippen molar-refractivity contribution >= 4 is 29.2 Å². The second-order valence-corrected chi connectivity index (χ2v) is 6.16. The van der Waals surface area contributed by atoms with Crippen LogP contribution in [0, 0.1) is 0 Å². The Hall–Kier alpha value is -1.20. The fraction of sp³-hybridized carbons (Fsp3) is 0.200. The van der Waals surface area contributed by atoms with E-state index in [1.54, 1.807) is 23.9 Å². The summed E-state index contributed by atoms with van der Waals surface area (Å²) >= 11 is 2.32. The van der Waals surface area contributed by atoms with Gasteiger partial charge >= 0.3 is 0 Å². The lowest BCUT2D eigenvalue weighted by atomic mass is 10.3. The van der Waals surface area contributed by atoms with Gasteiger partial charge in [0.15, 0.2) is 0 Å². The summed E-state index contributed by atoms with van der Waals surface area (Å²) in [6.45, 7) is 0.736. The van der Waals surface area contributed by atoms with Crippen molar-refractivity contribution in [2.75, 3.05) is 17.6 Å².